The molecule has 30 heavy (non-hydrogen) atoms. The zero-order chi connectivity index (χ0) is 21.4. The molecule has 2 aromatic rings. The highest BCUT2D eigenvalue weighted by Crippen LogP contribution is 2.43. The number of methoxy groups -OCH3 is 1. The van der Waals surface area contributed by atoms with Crippen molar-refractivity contribution < 1.29 is 23.5 Å². The fourth-order valence-corrected chi connectivity index (χ4v) is 4.66. The van der Waals surface area contributed by atoms with Gasteiger partial charge in [-0.05, 0) is 42.7 Å². The Morgan fingerprint density at radius 1 is 1.13 bits per heavy atom. The van der Waals surface area contributed by atoms with Crippen LogP contribution >= 0.6 is 0 Å². The Kier molecular flexibility index (Phi) is 5.28. The Labute approximate surface area is 174 Å². The third kappa shape index (κ3) is 3.56. The monoisotopic (exact) mass is 410 g/mol. The van der Waals surface area contributed by atoms with E-state index in [1.807, 2.05) is 30.3 Å². The number of hydrogen-bond acceptors (Lipinski definition) is 4. The van der Waals surface area contributed by atoms with Crippen LogP contribution in [0.15, 0.2) is 48.5 Å². The Morgan fingerprint density at radius 3 is 2.53 bits per heavy atom. The molecule has 0 saturated carbocycles. The molecule has 2 aromatic carbocycles. The number of fused-ring (bicyclic) bond motifs is 1. The molecule has 2 saturated heterocycles. The van der Waals surface area contributed by atoms with Gasteiger partial charge in [-0.2, -0.15) is 0 Å². The van der Waals surface area contributed by atoms with Crippen molar-refractivity contribution in [3.05, 3.63) is 71.0 Å². The Balaban J connectivity index is 1.63. The van der Waals surface area contributed by atoms with Crippen LogP contribution in [0, 0.1) is 18.7 Å². The largest absolute Gasteiger partial charge is 0.469 e. The van der Waals surface area contributed by atoms with Gasteiger partial charge in [0, 0.05) is 12.1 Å². The first-order valence-corrected chi connectivity index (χ1v) is 9.89. The number of aryl methyl sites for hydroxylation is 1. The van der Waals surface area contributed by atoms with Crippen molar-refractivity contribution in [2.24, 2.45) is 5.92 Å². The van der Waals surface area contributed by atoms with E-state index in [0.717, 1.165) is 5.56 Å². The molecule has 6 nitrogen and oxygen atoms in total. The van der Waals surface area contributed by atoms with Gasteiger partial charge in [-0.1, -0.05) is 30.3 Å². The predicted octanol–water partition coefficient (Wildman–Crippen LogP) is 2.72. The van der Waals surface area contributed by atoms with E-state index in [0.29, 0.717) is 12.0 Å². The van der Waals surface area contributed by atoms with Crippen molar-refractivity contribution in [2.75, 3.05) is 20.2 Å². The molecule has 2 amide bonds. The number of esters is 1. The minimum atomic E-state index is -0.502. The molecule has 0 unspecified atom stereocenters. The van der Waals surface area contributed by atoms with Gasteiger partial charge in [0.1, 0.15) is 12.4 Å². The molecule has 2 fully saturated rings. The molecule has 0 aromatic heterocycles. The first-order valence-electron chi connectivity index (χ1n) is 9.89. The summed E-state index contributed by atoms with van der Waals surface area (Å²) < 4.78 is 18.8. The lowest BCUT2D eigenvalue weighted by Gasteiger charge is -2.40. The van der Waals surface area contributed by atoms with E-state index >= 15 is 0 Å². The zero-order valence-corrected chi connectivity index (χ0v) is 16.9. The van der Waals surface area contributed by atoms with Crippen molar-refractivity contribution in [2.45, 2.75) is 25.4 Å². The number of carbonyl (C=O) groups excluding carboxylic acids is 3. The van der Waals surface area contributed by atoms with E-state index in [9.17, 15) is 18.8 Å². The van der Waals surface area contributed by atoms with Crippen LogP contribution in [0.3, 0.4) is 0 Å². The zero-order valence-electron chi connectivity index (χ0n) is 16.9. The van der Waals surface area contributed by atoms with E-state index in [4.69, 9.17) is 4.74 Å². The number of rotatable bonds is 3. The van der Waals surface area contributed by atoms with Crippen molar-refractivity contribution in [1.29, 1.82) is 0 Å². The lowest BCUT2D eigenvalue weighted by Crippen LogP contribution is -2.55. The number of piperazine rings is 1. The Bertz CT molecular complexity index is 974. The summed E-state index contributed by atoms with van der Waals surface area (Å²) in [6.45, 7) is 1.89. The number of nitrogens with zero attached hydrogens (tertiary/aromatic N) is 2. The summed E-state index contributed by atoms with van der Waals surface area (Å²) in [4.78, 5) is 41.7. The molecule has 2 aliphatic heterocycles. The molecule has 3 atom stereocenters. The van der Waals surface area contributed by atoms with Gasteiger partial charge >= 0.3 is 5.97 Å². The van der Waals surface area contributed by atoms with Gasteiger partial charge in [0.25, 0.3) is 5.91 Å². The summed E-state index contributed by atoms with van der Waals surface area (Å²) in [7, 11) is 1.34. The lowest BCUT2D eigenvalue weighted by atomic mass is 9.93. The number of halogens is 1. The number of hydrogen-bond donors (Lipinski definition) is 0. The number of carbonyl (C=O) groups is 3. The van der Waals surface area contributed by atoms with Crippen LogP contribution in [0.4, 0.5) is 4.39 Å². The van der Waals surface area contributed by atoms with Crippen LogP contribution in [-0.2, 0) is 14.3 Å². The van der Waals surface area contributed by atoms with Crippen LogP contribution in [0.25, 0.3) is 0 Å². The van der Waals surface area contributed by atoms with Gasteiger partial charge in [-0.25, -0.2) is 4.39 Å². The second-order valence-corrected chi connectivity index (χ2v) is 7.88. The molecule has 0 N–H and O–H groups in total. The van der Waals surface area contributed by atoms with Gasteiger partial charge in [-0.15, -0.1) is 0 Å². The Morgan fingerprint density at radius 2 is 1.87 bits per heavy atom. The summed E-state index contributed by atoms with van der Waals surface area (Å²) in [5, 5.41) is 0. The second kappa shape index (κ2) is 7.89. The number of benzene rings is 2. The van der Waals surface area contributed by atoms with Crippen molar-refractivity contribution >= 4 is 17.8 Å². The standard InChI is InChI=1S/C23H23FN2O4/c1-14-8-16(10-17(24)9-14)22(28)25-12-18-11-19(23(29)30-2)21(26(18)20(27)13-25)15-6-4-3-5-7-15/h3-10,18-19,21H,11-13H2,1-2H3/t18-,19-,21-/m0/s1. The molecule has 7 heteroatoms. The maximum absolute atomic E-state index is 13.8. The van der Waals surface area contributed by atoms with Gasteiger partial charge in [0.05, 0.1) is 25.1 Å². The molecular weight excluding hydrogens is 387 g/mol. The van der Waals surface area contributed by atoms with E-state index in [-0.39, 0.29) is 42.5 Å². The fraction of sp³-hybridized carbons (Fsp3) is 0.348. The van der Waals surface area contributed by atoms with E-state index in [1.54, 1.807) is 17.9 Å². The molecule has 0 bridgehead atoms. The normalized spacial score (nSPS) is 23.3. The van der Waals surface area contributed by atoms with E-state index in [1.165, 1.54) is 24.1 Å². The smallest absolute Gasteiger partial charge is 0.311 e. The first-order chi connectivity index (χ1) is 14.4. The minimum absolute atomic E-state index is 0.109. The number of amides is 2. The SMILES string of the molecule is COC(=O)[C@H]1C[C@H]2CN(C(=O)c3cc(C)cc(F)c3)CC(=O)N2[C@H]1c1ccccc1. The van der Waals surface area contributed by atoms with Crippen LogP contribution in [-0.4, -0.2) is 53.8 Å². The summed E-state index contributed by atoms with van der Waals surface area (Å²) in [5.41, 5.74) is 1.72. The van der Waals surface area contributed by atoms with Gasteiger partial charge in [0.2, 0.25) is 5.91 Å². The molecule has 0 aliphatic carbocycles. The van der Waals surface area contributed by atoms with Crippen LogP contribution in [0.1, 0.15) is 33.9 Å². The molecule has 156 valence electrons. The van der Waals surface area contributed by atoms with Crippen LogP contribution < -0.4 is 0 Å². The van der Waals surface area contributed by atoms with Crippen molar-refractivity contribution in [3.8, 4) is 0 Å². The van der Waals surface area contributed by atoms with Crippen molar-refractivity contribution in [3.63, 3.8) is 0 Å². The van der Waals surface area contributed by atoms with Crippen LogP contribution in [0.5, 0.6) is 0 Å². The van der Waals surface area contributed by atoms with Crippen LogP contribution in [0.2, 0.25) is 0 Å². The summed E-state index contributed by atoms with van der Waals surface area (Å²) in [6, 6.07) is 12.8. The summed E-state index contributed by atoms with van der Waals surface area (Å²) >= 11 is 0. The highest BCUT2D eigenvalue weighted by molar-refractivity contribution is 5.97. The fourth-order valence-electron chi connectivity index (χ4n) is 4.66. The number of ether oxygens (including phenoxy) is 1. The first kappa shape index (κ1) is 20.1. The Hall–Kier alpha value is -3.22. The average molecular weight is 410 g/mol. The molecule has 0 radical (unpaired) electrons. The summed E-state index contributed by atoms with van der Waals surface area (Å²) in [6.07, 6.45) is 0.407. The predicted molar refractivity (Wildman–Crippen MR) is 107 cm³/mol. The van der Waals surface area contributed by atoms with Gasteiger partial charge < -0.3 is 14.5 Å². The maximum atomic E-state index is 13.8. The topological polar surface area (TPSA) is 66.9 Å². The minimum Gasteiger partial charge on any atom is -0.469 e. The van der Waals surface area contributed by atoms with E-state index in [2.05, 4.69) is 0 Å². The average Bonchev–Trinajstić information content (AvgIpc) is 3.12. The molecule has 2 aliphatic rings. The molecule has 4 rings (SSSR count). The molecular formula is C23H23FN2O4. The molecule has 0 spiro atoms. The van der Waals surface area contributed by atoms with Crippen molar-refractivity contribution in [1.82, 2.24) is 9.80 Å². The molecule has 2 heterocycles. The summed E-state index contributed by atoms with van der Waals surface area (Å²) in [5.74, 6) is -1.97. The third-order valence-electron chi connectivity index (χ3n) is 5.87. The third-order valence-corrected chi connectivity index (χ3v) is 5.87. The van der Waals surface area contributed by atoms with E-state index < -0.39 is 17.8 Å². The lowest BCUT2D eigenvalue weighted by molar-refractivity contribution is -0.147. The maximum Gasteiger partial charge on any atom is 0.311 e. The van der Waals surface area contributed by atoms with Gasteiger partial charge in [0.15, 0.2) is 0 Å². The highest BCUT2D eigenvalue weighted by atomic mass is 19.1. The highest BCUT2D eigenvalue weighted by Gasteiger charge is 2.51. The van der Waals surface area contributed by atoms with Gasteiger partial charge in [-0.3, -0.25) is 14.4 Å². The quantitative estimate of drug-likeness (QED) is 0.730. The second-order valence-electron chi connectivity index (χ2n) is 7.88.